The van der Waals surface area contributed by atoms with Crippen LogP contribution in [0.1, 0.15) is 6.23 Å². The van der Waals surface area contributed by atoms with Crippen molar-refractivity contribution in [3.05, 3.63) is 22.7 Å². The number of anilines is 1. The molecule has 2 atom stereocenters. The van der Waals surface area contributed by atoms with Gasteiger partial charge in [-0.05, 0) is 6.07 Å². The Morgan fingerprint density at radius 2 is 2.60 bits per heavy atom. The van der Waals surface area contributed by atoms with Gasteiger partial charge in [0.15, 0.2) is 0 Å². The third kappa shape index (κ3) is 2.14. The minimum absolute atomic E-state index is 0.0572. The van der Waals surface area contributed by atoms with Crippen molar-refractivity contribution in [2.75, 3.05) is 18.1 Å². The number of nitrogens with zero attached hydrogens (tertiary/aromatic N) is 2. The maximum absolute atomic E-state index is 11.4. The van der Waals surface area contributed by atoms with Gasteiger partial charge in [-0.3, -0.25) is 4.57 Å². The summed E-state index contributed by atoms with van der Waals surface area (Å²) < 4.78 is 6.79. The van der Waals surface area contributed by atoms with Crippen molar-refractivity contribution < 1.29 is 9.84 Å². The van der Waals surface area contributed by atoms with Crippen LogP contribution in [0.15, 0.2) is 17.1 Å². The van der Waals surface area contributed by atoms with Gasteiger partial charge in [-0.1, -0.05) is 0 Å². The smallest absolute Gasteiger partial charge is 0.351 e. The number of aliphatic hydroxyl groups is 1. The van der Waals surface area contributed by atoms with E-state index >= 15 is 0 Å². The first-order valence-corrected chi connectivity index (χ1v) is 5.48. The zero-order chi connectivity index (χ0) is 10.8. The summed E-state index contributed by atoms with van der Waals surface area (Å²) in [5, 5.41) is 8.88. The molecule has 0 aliphatic carbocycles. The van der Waals surface area contributed by atoms with Crippen LogP contribution in [0, 0.1) is 0 Å². The lowest BCUT2D eigenvalue weighted by Gasteiger charge is -2.13. The van der Waals surface area contributed by atoms with Crippen LogP contribution in [0.3, 0.4) is 0 Å². The lowest BCUT2D eigenvalue weighted by molar-refractivity contribution is -0.00629. The Morgan fingerprint density at radius 3 is 3.20 bits per heavy atom. The summed E-state index contributed by atoms with van der Waals surface area (Å²) in [6, 6.07) is 1.54. The number of aliphatic hydroxyl groups excluding tert-OH is 1. The molecule has 3 N–H and O–H groups in total. The predicted octanol–water partition coefficient (Wildman–Crippen LogP) is -0.594. The van der Waals surface area contributed by atoms with Crippen molar-refractivity contribution in [1.82, 2.24) is 9.55 Å². The number of hydrogen-bond donors (Lipinski definition) is 2. The van der Waals surface area contributed by atoms with Crippen molar-refractivity contribution in [3.8, 4) is 0 Å². The van der Waals surface area contributed by atoms with E-state index in [1.54, 1.807) is 12.3 Å². The van der Waals surface area contributed by atoms with Gasteiger partial charge in [0.1, 0.15) is 17.5 Å². The lowest BCUT2D eigenvalue weighted by Crippen LogP contribution is -2.28. The van der Waals surface area contributed by atoms with Gasteiger partial charge in [0, 0.05) is 11.9 Å². The molecular formula is C8H11N3O3S. The van der Waals surface area contributed by atoms with Crippen LogP contribution in [0.25, 0.3) is 0 Å². The van der Waals surface area contributed by atoms with Crippen molar-refractivity contribution in [2.45, 2.75) is 11.7 Å². The molecule has 0 aromatic carbocycles. The van der Waals surface area contributed by atoms with E-state index < -0.39 is 5.69 Å². The summed E-state index contributed by atoms with van der Waals surface area (Å²) >= 11 is 1.47. The summed E-state index contributed by atoms with van der Waals surface area (Å²) in [6.07, 6.45) is 1.18. The monoisotopic (exact) mass is 229 g/mol. The summed E-state index contributed by atoms with van der Waals surface area (Å²) in [6.45, 7) is -0.0572. The van der Waals surface area contributed by atoms with Crippen LogP contribution < -0.4 is 11.4 Å². The molecule has 82 valence electrons. The Bertz CT molecular complexity index is 408. The van der Waals surface area contributed by atoms with Crippen LogP contribution in [0.2, 0.25) is 0 Å². The van der Waals surface area contributed by atoms with Gasteiger partial charge < -0.3 is 15.6 Å². The zero-order valence-corrected chi connectivity index (χ0v) is 8.68. The first kappa shape index (κ1) is 10.5. The SMILES string of the molecule is Nc1ccn([C@@H]2CSC(CO)O2)c(=O)n1. The zero-order valence-electron chi connectivity index (χ0n) is 7.87. The molecule has 1 aliphatic heterocycles. The van der Waals surface area contributed by atoms with E-state index in [1.807, 2.05) is 0 Å². The Morgan fingerprint density at radius 1 is 1.80 bits per heavy atom. The van der Waals surface area contributed by atoms with Crippen LogP contribution >= 0.6 is 11.8 Å². The molecule has 15 heavy (non-hydrogen) atoms. The summed E-state index contributed by atoms with van der Waals surface area (Å²) in [7, 11) is 0. The third-order valence-corrected chi connectivity index (χ3v) is 3.15. The Balaban J connectivity index is 2.20. The fourth-order valence-electron chi connectivity index (χ4n) is 1.33. The van der Waals surface area contributed by atoms with Gasteiger partial charge >= 0.3 is 5.69 Å². The number of hydrogen-bond acceptors (Lipinski definition) is 6. The molecule has 0 amide bonds. The van der Waals surface area contributed by atoms with E-state index in [0.29, 0.717) is 5.75 Å². The molecule has 1 aromatic rings. The van der Waals surface area contributed by atoms with Crippen molar-refractivity contribution in [2.24, 2.45) is 0 Å². The fraction of sp³-hybridized carbons (Fsp3) is 0.500. The quantitative estimate of drug-likeness (QED) is 0.704. The summed E-state index contributed by atoms with van der Waals surface area (Å²) in [5.41, 5.74) is 4.67. The molecule has 2 heterocycles. The Labute approximate surface area is 90.1 Å². The standard InChI is InChI=1S/C8H11N3O3S/c9-5-1-2-11(8(13)10-5)6-4-15-7(3-12)14-6/h1-2,6-7,12H,3-4H2,(H2,9,10,13)/t6-,7?/m0/s1. The van der Waals surface area contributed by atoms with E-state index in [1.165, 1.54) is 16.3 Å². The van der Waals surface area contributed by atoms with Gasteiger partial charge in [0.25, 0.3) is 0 Å². The molecule has 6 nitrogen and oxygen atoms in total. The minimum Gasteiger partial charge on any atom is -0.393 e. The molecule has 0 saturated carbocycles. The molecule has 1 saturated heterocycles. The van der Waals surface area contributed by atoms with E-state index in [-0.39, 0.29) is 24.1 Å². The van der Waals surface area contributed by atoms with Gasteiger partial charge in [-0.25, -0.2) is 4.79 Å². The number of ether oxygens (including phenoxy) is 1. The summed E-state index contributed by atoms with van der Waals surface area (Å²) in [4.78, 5) is 15.0. The maximum atomic E-state index is 11.4. The highest BCUT2D eigenvalue weighted by atomic mass is 32.2. The number of nitrogen functional groups attached to an aromatic ring is 1. The lowest BCUT2D eigenvalue weighted by atomic mass is 10.5. The third-order valence-electron chi connectivity index (χ3n) is 2.04. The minimum atomic E-state index is -0.431. The highest BCUT2D eigenvalue weighted by Gasteiger charge is 2.27. The molecule has 0 spiro atoms. The second kappa shape index (κ2) is 4.21. The molecule has 2 rings (SSSR count). The maximum Gasteiger partial charge on any atom is 0.351 e. The first-order chi connectivity index (χ1) is 7.20. The molecule has 0 radical (unpaired) electrons. The molecule has 1 aromatic heterocycles. The highest BCUT2D eigenvalue weighted by molar-refractivity contribution is 8.00. The number of nitrogens with two attached hydrogens (primary N) is 1. The van der Waals surface area contributed by atoms with E-state index in [2.05, 4.69) is 4.98 Å². The van der Waals surface area contributed by atoms with Crippen LogP contribution in [0.5, 0.6) is 0 Å². The average Bonchev–Trinajstić information content (AvgIpc) is 2.66. The topological polar surface area (TPSA) is 90.4 Å². The van der Waals surface area contributed by atoms with Crippen molar-refractivity contribution >= 4 is 17.6 Å². The molecule has 1 aliphatic rings. The normalized spacial score (nSPS) is 25.7. The molecule has 1 unspecified atom stereocenters. The first-order valence-electron chi connectivity index (χ1n) is 4.43. The number of thioether (sulfide) groups is 1. The second-order valence-corrected chi connectivity index (χ2v) is 4.27. The molecular weight excluding hydrogens is 218 g/mol. The number of rotatable bonds is 2. The largest absolute Gasteiger partial charge is 0.393 e. The molecule has 0 bridgehead atoms. The van der Waals surface area contributed by atoms with Gasteiger partial charge in [-0.15, -0.1) is 11.8 Å². The Hall–Kier alpha value is -1.05. The van der Waals surface area contributed by atoms with Crippen molar-refractivity contribution in [1.29, 1.82) is 0 Å². The Kier molecular flexibility index (Phi) is 2.94. The van der Waals surface area contributed by atoms with Gasteiger partial charge in [0.05, 0.1) is 6.61 Å². The van der Waals surface area contributed by atoms with E-state index in [9.17, 15) is 4.79 Å². The second-order valence-electron chi connectivity index (χ2n) is 3.08. The van der Waals surface area contributed by atoms with Crippen LogP contribution in [0.4, 0.5) is 5.82 Å². The van der Waals surface area contributed by atoms with Gasteiger partial charge in [-0.2, -0.15) is 4.98 Å². The molecule has 7 heteroatoms. The van der Waals surface area contributed by atoms with E-state index in [0.717, 1.165) is 0 Å². The van der Waals surface area contributed by atoms with Crippen LogP contribution in [-0.2, 0) is 4.74 Å². The molecule has 1 fully saturated rings. The van der Waals surface area contributed by atoms with Crippen molar-refractivity contribution in [3.63, 3.8) is 0 Å². The number of aromatic nitrogens is 2. The highest BCUT2D eigenvalue weighted by Crippen LogP contribution is 2.30. The van der Waals surface area contributed by atoms with E-state index in [4.69, 9.17) is 15.6 Å². The fourth-order valence-corrected chi connectivity index (χ4v) is 2.26. The average molecular weight is 229 g/mol. The van der Waals surface area contributed by atoms with Gasteiger partial charge in [0.2, 0.25) is 0 Å². The van der Waals surface area contributed by atoms with Crippen LogP contribution in [-0.4, -0.2) is 32.5 Å². The summed E-state index contributed by atoms with van der Waals surface area (Å²) in [5.74, 6) is 0.817. The predicted molar refractivity (Wildman–Crippen MR) is 56.4 cm³/mol.